The number of rotatable bonds is 0. The summed E-state index contributed by atoms with van der Waals surface area (Å²) in [4.78, 5) is 0. The Morgan fingerprint density at radius 1 is 1.00 bits per heavy atom. The van der Waals surface area contributed by atoms with Crippen molar-refractivity contribution in [2.75, 3.05) is 0 Å². The fourth-order valence-corrected chi connectivity index (χ4v) is 0.374. The van der Waals surface area contributed by atoms with Crippen molar-refractivity contribution >= 4 is 18.9 Å². The molecular weight excluding hydrogens is 173 g/mol. The van der Waals surface area contributed by atoms with Crippen LogP contribution in [0.5, 0.6) is 0 Å². The van der Waals surface area contributed by atoms with Crippen LogP contribution in [0.1, 0.15) is 0 Å². The van der Waals surface area contributed by atoms with Gasteiger partial charge >= 0.3 is 18.1 Å². The molecule has 0 aromatic rings. The monoisotopic (exact) mass is 173 g/mol. The normalized spacial score (nSPS) is 34.4. The van der Waals surface area contributed by atoms with Gasteiger partial charge in [-0.25, -0.2) is 0 Å². The van der Waals surface area contributed by atoms with Gasteiger partial charge < -0.3 is 0 Å². The zero-order chi connectivity index (χ0) is 8.21. The predicted octanol–water partition coefficient (Wildman–Crippen LogP) is 1.46. The van der Waals surface area contributed by atoms with Gasteiger partial charge in [0.2, 0.25) is 0 Å². The van der Waals surface area contributed by atoms with Gasteiger partial charge in [0.1, 0.15) is 0 Å². The number of ether oxygens (including phenoxy) is 1. The maximum absolute atomic E-state index is 11.7. The molecule has 1 rings (SSSR count). The number of halogens is 6. The minimum Gasteiger partial charge on any atom is -0.263 e. The molecule has 0 bridgehead atoms. The van der Waals surface area contributed by atoms with Gasteiger partial charge in [-0.15, -0.1) is 0 Å². The molecule has 1 atom stereocenters. The van der Waals surface area contributed by atoms with E-state index >= 15 is 0 Å². The Morgan fingerprint density at radius 3 is 1.27 bits per heavy atom. The van der Waals surface area contributed by atoms with Gasteiger partial charge in [-0.05, 0) is 0 Å². The molecule has 11 heavy (non-hydrogen) atoms. The Labute approximate surface area is 68.9 Å². The molecule has 0 saturated carbocycles. The first kappa shape index (κ1) is 11.1. The molecule has 8 heteroatoms. The van der Waals surface area contributed by atoms with E-state index in [9.17, 15) is 26.3 Å². The van der Waals surface area contributed by atoms with E-state index in [4.69, 9.17) is 0 Å². The molecule has 1 fully saturated rings. The van der Waals surface area contributed by atoms with Crippen molar-refractivity contribution in [1.82, 2.24) is 0 Å². The first-order chi connectivity index (χ1) is 4.21. The van der Waals surface area contributed by atoms with Crippen LogP contribution in [0.15, 0.2) is 0 Å². The molecule has 0 amide bonds. The first-order valence-electron chi connectivity index (χ1n) is 2.04. The van der Waals surface area contributed by atoms with Crippen LogP contribution in [-0.2, 0) is 4.74 Å². The van der Waals surface area contributed by atoms with Gasteiger partial charge in [-0.3, -0.25) is 4.74 Å². The van der Waals surface area contributed by atoms with Gasteiger partial charge in [0, 0.05) is 18.9 Å². The van der Waals surface area contributed by atoms with Gasteiger partial charge in [0.05, 0.1) is 0 Å². The second-order valence-corrected chi connectivity index (χ2v) is 1.71. The largest absolute Gasteiger partial charge is 0.458 e. The Hall–Kier alpha value is 0.137. The number of hydrogen-bond acceptors (Lipinski definition) is 1. The topological polar surface area (TPSA) is 12.5 Å². The molecule has 0 aliphatic carbocycles. The molecule has 1 radical (unpaired) electrons. The average molecular weight is 173 g/mol. The molecule has 1 aliphatic heterocycles. The van der Waals surface area contributed by atoms with E-state index in [1.54, 1.807) is 0 Å². The molecule has 1 unspecified atom stereocenters. The van der Waals surface area contributed by atoms with Crippen LogP contribution in [-0.4, -0.2) is 37.0 Å². The van der Waals surface area contributed by atoms with Crippen LogP contribution in [0.25, 0.3) is 0 Å². The Bertz CT molecular complexity index is 166. The van der Waals surface area contributed by atoms with Crippen molar-refractivity contribution in [3.05, 3.63) is 0 Å². The maximum atomic E-state index is 11.7. The summed E-state index contributed by atoms with van der Waals surface area (Å²) in [7, 11) is 0. The van der Waals surface area contributed by atoms with Crippen molar-refractivity contribution in [3.8, 4) is 0 Å². The SMILES string of the molecule is FC(F)(F)C1(F)OC1(F)F.[Li]. The predicted molar refractivity (Wildman–Crippen MR) is 21.7 cm³/mol. The zero-order valence-electron chi connectivity index (χ0n) is 5.18. The fourth-order valence-electron chi connectivity index (χ4n) is 0.374. The van der Waals surface area contributed by atoms with Crippen molar-refractivity contribution < 1.29 is 31.1 Å². The molecule has 0 aromatic heterocycles. The minimum atomic E-state index is -5.66. The van der Waals surface area contributed by atoms with Crippen LogP contribution in [0.4, 0.5) is 26.3 Å². The summed E-state index contributed by atoms with van der Waals surface area (Å²) < 4.78 is 70.4. The van der Waals surface area contributed by atoms with E-state index in [-0.39, 0.29) is 18.9 Å². The second-order valence-electron chi connectivity index (χ2n) is 1.71. The van der Waals surface area contributed by atoms with Crippen LogP contribution in [0, 0.1) is 0 Å². The van der Waals surface area contributed by atoms with Gasteiger partial charge in [-0.2, -0.15) is 26.3 Å². The summed E-state index contributed by atoms with van der Waals surface area (Å²) >= 11 is 0. The Balaban J connectivity index is 0.000001000. The number of epoxide rings is 1. The van der Waals surface area contributed by atoms with Crippen molar-refractivity contribution in [2.45, 2.75) is 18.1 Å². The third-order valence-electron chi connectivity index (χ3n) is 0.966. The molecule has 1 aliphatic rings. The van der Waals surface area contributed by atoms with Crippen LogP contribution < -0.4 is 0 Å². The molecule has 0 aromatic carbocycles. The molecule has 1 saturated heterocycles. The molecule has 0 N–H and O–H groups in total. The molecule has 1 nitrogen and oxygen atoms in total. The van der Waals surface area contributed by atoms with E-state index in [1.807, 2.05) is 0 Å². The van der Waals surface area contributed by atoms with Crippen molar-refractivity contribution in [1.29, 1.82) is 0 Å². The van der Waals surface area contributed by atoms with Crippen LogP contribution in [0.2, 0.25) is 0 Å². The van der Waals surface area contributed by atoms with Crippen molar-refractivity contribution in [2.24, 2.45) is 0 Å². The second kappa shape index (κ2) is 2.31. The first-order valence-corrected chi connectivity index (χ1v) is 2.04. The summed E-state index contributed by atoms with van der Waals surface area (Å²) in [5.74, 6) is -4.75. The number of hydrogen-bond donors (Lipinski definition) is 0. The summed E-state index contributed by atoms with van der Waals surface area (Å²) in [6.07, 6.45) is -10.4. The summed E-state index contributed by atoms with van der Waals surface area (Å²) in [6.45, 7) is 0. The van der Waals surface area contributed by atoms with Gasteiger partial charge in [0.25, 0.3) is 0 Å². The average Bonchev–Trinajstić information content (AvgIpc) is 2.05. The summed E-state index contributed by atoms with van der Waals surface area (Å²) in [5, 5.41) is 0. The summed E-state index contributed by atoms with van der Waals surface area (Å²) in [5.41, 5.74) is 0. The van der Waals surface area contributed by atoms with E-state index in [1.165, 1.54) is 0 Å². The Kier molecular flexibility index (Phi) is 2.34. The van der Waals surface area contributed by atoms with E-state index in [0.29, 0.717) is 0 Å². The standard InChI is InChI=1S/C3F6O.Li/c4-1(2(5,6)7)3(8,9)10-1;. The third kappa shape index (κ3) is 1.37. The van der Waals surface area contributed by atoms with E-state index in [0.717, 1.165) is 0 Å². The van der Waals surface area contributed by atoms with Gasteiger partial charge in [0.15, 0.2) is 0 Å². The molecule has 61 valence electrons. The van der Waals surface area contributed by atoms with E-state index in [2.05, 4.69) is 4.74 Å². The smallest absolute Gasteiger partial charge is 0.263 e. The maximum Gasteiger partial charge on any atom is 0.458 e. The van der Waals surface area contributed by atoms with Crippen LogP contribution >= 0.6 is 0 Å². The molecular formula is C3F6LiO. The summed E-state index contributed by atoms with van der Waals surface area (Å²) in [6, 6.07) is 0. The fraction of sp³-hybridized carbons (Fsp3) is 1.00. The third-order valence-corrected chi connectivity index (χ3v) is 0.966. The zero-order valence-corrected chi connectivity index (χ0v) is 5.18. The van der Waals surface area contributed by atoms with E-state index < -0.39 is 18.1 Å². The molecule has 0 spiro atoms. The Morgan fingerprint density at radius 2 is 1.27 bits per heavy atom. The van der Waals surface area contributed by atoms with Crippen molar-refractivity contribution in [3.63, 3.8) is 0 Å². The van der Waals surface area contributed by atoms with Gasteiger partial charge in [-0.1, -0.05) is 0 Å². The minimum absolute atomic E-state index is 0. The quantitative estimate of drug-likeness (QED) is 0.307. The molecule has 1 heterocycles. The number of alkyl halides is 6. The van der Waals surface area contributed by atoms with Crippen LogP contribution in [0.3, 0.4) is 0 Å².